The zero-order valence-electron chi connectivity index (χ0n) is 15.2. The van der Waals surface area contributed by atoms with Crippen molar-refractivity contribution in [1.82, 2.24) is 9.80 Å². The van der Waals surface area contributed by atoms with Gasteiger partial charge in [-0.2, -0.15) is 12.6 Å². The number of piperazine rings is 1. The molecule has 0 radical (unpaired) electrons. The van der Waals surface area contributed by atoms with Gasteiger partial charge in [0, 0.05) is 44.5 Å². The molecule has 1 heterocycles. The van der Waals surface area contributed by atoms with Gasteiger partial charge in [-0.15, -0.1) is 0 Å². The zero-order chi connectivity index (χ0) is 16.9. The Morgan fingerprint density at radius 1 is 1.17 bits per heavy atom. The van der Waals surface area contributed by atoms with Gasteiger partial charge in [0.1, 0.15) is 0 Å². The second-order valence-corrected chi connectivity index (χ2v) is 9.12. The molecule has 1 aliphatic heterocycles. The number of aliphatic hydroxyl groups is 1. The molecule has 0 aromatic rings. The van der Waals surface area contributed by atoms with Crippen LogP contribution in [0.5, 0.6) is 0 Å². The molecule has 1 N–H and O–H groups in total. The van der Waals surface area contributed by atoms with Crippen molar-refractivity contribution in [2.24, 2.45) is 11.3 Å². The zero-order valence-corrected chi connectivity index (χ0v) is 16.1. The highest BCUT2D eigenvalue weighted by molar-refractivity contribution is 7.81. The summed E-state index contributed by atoms with van der Waals surface area (Å²) in [5.41, 5.74) is 0.414. The van der Waals surface area contributed by atoms with Crippen molar-refractivity contribution in [2.45, 2.75) is 51.4 Å². The Morgan fingerprint density at radius 3 is 2.43 bits per heavy atom. The third-order valence-electron chi connectivity index (χ3n) is 5.22. The summed E-state index contributed by atoms with van der Waals surface area (Å²) in [6.07, 6.45) is 4.10. The molecule has 0 aromatic heterocycles. The first kappa shape index (κ1) is 19.5. The summed E-state index contributed by atoms with van der Waals surface area (Å²) in [5.74, 6) is 0.765. The van der Waals surface area contributed by atoms with Crippen LogP contribution in [0.4, 0.5) is 0 Å². The van der Waals surface area contributed by atoms with E-state index in [1.54, 1.807) is 0 Å². The SMILES string of the molecule is C[C@H]1C[C@H](OC[C@H](S)CN2CCN(CCO)CC2)CC(C)(C)C1. The van der Waals surface area contributed by atoms with Crippen LogP contribution in [-0.2, 0) is 4.74 Å². The van der Waals surface area contributed by atoms with Crippen molar-refractivity contribution in [3.05, 3.63) is 0 Å². The molecule has 0 bridgehead atoms. The van der Waals surface area contributed by atoms with E-state index in [-0.39, 0.29) is 6.61 Å². The van der Waals surface area contributed by atoms with Crippen LogP contribution in [-0.4, -0.2) is 78.7 Å². The lowest BCUT2D eigenvalue weighted by molar-refractivity contribution is -0.0244. The van der Waals surface area contributed by atoms with Crippen LogP contribution in [0.15, 0.2) is 0 Å². The molecule has 0 aromatic carbocycles. The van der Waals surface area contributed by atoms with Gasteiger partial charge in [-0.3, -0.25) is 9.80 Å². The van der Waals surface area contributed by atoms with Crippen molar-refractivity contribution in [2.75, 3.05) is 52.5 Å². The van der Waals surface area contributed by atoms with Crippen LogP contribution in [0.2, 0.25) is 0 Å². The van der Waals surface area contributed by atoms with Gasteiger partial charge in [-0.1, -0.05) is 20.8 Å². The summed E-state index contributed by atoms with van der Waals surface area (Å²) < 4.78 is 6.21. The normalized spacial score (nSPS) is 31.2. The molecule has 136 valence electrons. The highest BCUT2D eigenvalue weighted by atomic mass is 32.1. The standard InChI is InChI=1S/C18H36N2O2S/c1-15-10-16(12-18(2,3)11-15)22-14-17(23)13-20-6-4-19(5-7-20)8-9-21/h15-17,21,23H,4-14H2,1-3H3/t15-,16-,17+/m0/s1. The van der Waals surface area contributed by atoms with Gasteiger partial charge in [0.05, 0.1) is 19.3 Å². The van der Waals surface area contributed by atoms with Gasteiger partial charge in [-0.25, -0.2) is 0 Å². The smallest absolute Gasteiger partial charge is 0.0598 e. The van der Waals surface area contributed by atoms with E-state index in [1.807, 2.05) is 0 Å². The van der Waals surface area contributed by atoms with Crippen molar-refractivity contribution < 1.29 is 9.84 Å². The van der Waals surface area contributed by atoms with Crippen LogP contribution >= 0.6 is 12.6 Å². The lowest BCUT2D eigenvalue weighted by Gasteiger charge is -2.39. The molecule has 2 fully saturated rings. The molecule has 0 unspecified atom stereocenters. The molecule has 5 heteroatoms. The molecule has 3 atom stereocenters. The third-order valence-corrected chi connectivity index (χ3v) is 5.53. The van der Waals surface area contributed by atoms with Gasteiger partial charge in [0.25, 0.3) is 0 Å². The number of thiol groups is 1. The third kappa shape index (κ3) is 6.91. The van der Waals surface area contributed by atoms with E-state index in [0.717, 1.165) is 51.8 Å². The second-order valence-electron chi connectivity index (χ2n) is 8.39. The second kappa shape index (κ2) is 9.04. The number of rotatable bonds is 7. The van der Waals surface area contributed by atoms with Gasteiger partial charge in [0.15, 0.2) is 0 Å². The number of nitrogens with zero attached hydrogens (tertiary/aromatic N) is 2. The fourth-order valence-corrected chi connectivity index (χ4v) is 4.64. The van der Waals surface area contributed by atoms with Crippen molar-refractivity contribution in [3.63, 3.8) is 0 Å². The number of β-amino-alcohol motifs (C(OH)–C–C–N with tert-alkyl or cyclic N) is 1. The molecular formula is C18H36N2O2S. The van der Waals surface area contributed by atoms with E-state index in [2.05, 4.69) is 30.6 Å². The first-order valence-corrected chi connectivity index (χ1v) is 9.75. The lowest BCUT2D eigenvalue weighted by Crippen LogP contribution is -2.49. The van der Waals surface area contributed by atoms with E-state index >= 15 is 0 Å². The molecule has 0 amide bonds. The van der Waals surface area contributed by atoms with Crippen LogP contribution in [0.25, 0.3) is 0 Å². The first-order chi connectivity index (χ1) is 10.9. The summed E-state index contributed by atoms with van der Waals surface area (Å²) in [4.78, 5) is 4.80. The van der Waals surface area contributed by atoms with E-state index in [4.69, 9.17) is 22.5 Å². The predicted octanol–water partition coefficient (Wildman–Crippen LogP) is 2.13. The molecule has 23 heavy (non-hydrogen) atoms. The van der Waals surface area contributed by atoms with E-state index < -0.39 is 0 Å². The molecule has 2 aliphatic rings. The monoisotopic (exact) mass is 344 g/mol. The van der Waals surface area contributed by atoms with E-state index in [1.165, 1.54) is 19.3 Å². The minimum absolute atomic E-state index is 0.263. The quantitative estimate of drug-likeness (QED) is 0.694. The minimum atomic E-state index is 0.263. The summed E-state index contributed by atoms with van der Waals surface area (Å²) in [5, 5.41) is 9.29. The lowest BCUT2D eigenvalue weighted by atomic mass is 9.71. The van der Waals surface area contributed by atoms with Crippen molar-refractivity contribution in [3.8, 4) is 0 Å². The molecule has 4 nitrogen and oxygen atoms in total. The molecule has 2 rings (SSSR count). The Morgan fingerprint density at radius 2 is 1.83 bits per heavy atom. The first-order valence-electron chi connectivity index (χ1n) is 9.23. The Kier molecular flexibility index (Phi) is 7.67. The summed E-state index contributed by atoms with van der Waals surface area (Å²) in [7, 11) is 0. The van der Waals surface area contributed by atoms with Crippen LogP contribution in [0.1, 0.15) is 40.0 Å². The summed E-state index contributed by atoms with van der Waals surface area (Å²) in [6, 6.07) is 0. The van der Waals surface area contributed by atoms with Gasteiger partial charge < -0.3 is 9.84 Å². The maximum absolute atomic E-state index is 9.00. The number of aliphatic hydroxyl groups excluding tert-OH is 1. The van der Waals surface area contributed by atoms with E-state index in [0.29, 0.717) is 16.8 Å². The fourth-order valence-electron chi connectivity index (χ4n) is 4.32. The van der Waals surface area contributed by atoms with Crippen LogP contribution in [0.3, 0.4) is 0 Å². The number of hydrogen-bond donors (Lipinski definition) is 2. The molecule has 1 saturated heterocycles. The Bertz CT molecular complexity index is 346. The average molecular weight is 345 g/mol. The molecule has 1 saturated carbocycles. The van der Waals surface area contributed by atoms with Crippen molar-refractivity contribution >= 4 is 12.6 Å². The van der Waals surface area contributed by atoms with Gasteiger partial charge >= 0.3 is 0 Å². The highest BCUT2D eigenvalue weighted by Gasteiger charge is 2.32. The molecule has 0 spiro atoms. The minimum Gasteiger partial charge on any atom is -0.395 e. The molecule has 1 aliphatic carbocycles. The summed E-state index contributed by atoms with van der Waals surface area (Å²) >= 11 is 4.75. The topological polar surface area (TPSA) is 35.9 Å². The Labute approximate surface area is 148 Å². The predicted molar refractivity (Wildman–Crippen MR) is 99.3 cm³/mol. The Hall–Kier alpha value is 0.190. The van der Waals surface area contributed by atoms with Crippen LogP contribution < -0.4 is 0 Å². The highest BCUT2D eigenvalue weighted by Crippen LogP contribution is 2.39. The van der Waals surface area contributed by atoms with Gasteiger partial charge in [-0.05, 0) is 30.6 Å². The van der Waals surface area contributed by atoms with Crippen molar-refractivity contribution in [1.29, 1.82) is 0 Å². The average Bonchev–Trinajstić information content (AvgIpc) is 2.45. The number of ether oxygens (including phenoxy) is 1. The Balaban J connectivity index is 1.64. The summed E-state index contributed by atoms with van der Waals surface area (Å²) in [6.45, 7) is 14.2. The fraction of sp³-hybridized carbons (Fsp3) is 1.00. The maximum Gasteiger partial charge on any atom is 0.0598 e. The number of hydrogen-bond acceptors (Lipinski definition) is 5. The van der Waals surface area contributed by atoms with Gasteiger partial charge in [0.2, 0.25) is 0 Å². The van der Waals surface area contributed by atoms with Crippen LogP contribution in [0, 0.1) is 11.3 Å². The molecular weight excluding hydrogens is 308 g/mol. The largest absolute Gasteiger partial charge is 0.395 e. The maximum atomic E-state index is 9.00. The van der Waals surface area contributed by atoms with E-state index in [9.17, 15) is 0 Å².